The lowest BCUT2D eigenvalue weighted by atomic mass is 10.0. The van der Waals surface area contributed by atoms with E-state index < -0.39 is 23.8 Å². The number of aryl methyl sites for hydroxylation is 2. The first-order valence-corrected chi connectivity index (χ1v) is 11.3. The van der Waals surface area contributed by atoms with Crippen LogP contribution in [-0.2, 0) is 14.3 Å². The van der Waals surface area contributed by atoms with Gasteiger partial charge in [-0.1, -0.05) is 48.5 Å². The highest BCUT2D eigenvalue weighted by atomic mass is 16.6. The van der Waals surface area contributed by atoms with Gasteiger partial charge in [0, 0.05) is 12.2 Å². The van der Waals surface area contributed by atoms with E-state index in [0.717, 1.165) is 16.8 Å². The molecule has 0 aliphatic carbocycles. The Morgan fingerprint density at radius 1 is 1.00 bits per heavy atom. The summed E-state index contributed by atoms with van der Waals surface area (Å²) in [6, 6.07) is 13.3. The molecule has 2 aromatic rings. The van der Waals surface area contributed by atoms with Crippen LogP contribution in [0.15, 0.2) is 48.5 Å². The van der Waals surface area contributed by atoms with Crippen LogP contribution in [0.4, 0.5) is 10.5 Å². The van der Waals surface area contributed by atoms with Gasteiger partial charge < -0.3 is 15.4 Å². The van der Waals surface area contributed by atoms with Gasteiger partial charge in [-0.3, -0.25) is 14.5 Å². The first kappa shape index (κ1) is 24.3. The Kier molecular flexibility index (Phi) is 7.41. The molecule has 3 rings (SSSR count). The lowest BCUT2D eigenvalue weighted by Crippen LogP contribution is -2.49. The van der Waals surface area contributed by atoms with E-state index in [2.05, 4.69) is 10.6 Å². The van der Waals surface area contributed by atoms with Gasteiger partial charge in [-0.05, 0) is 64.2 Å². The topological polar surface area (TPSA) is 87.7 Å². The molecule has 0 unspecified atom stereocenters. The van der Waals surface area contributed by atoms with Crippen molar-refractivity contribution >= 4 is 23.6 Å². The van der Waals surface area contributed by atoms with Crippen LogP contribution in [0.25, 0.3) is 0 Å². The summed E-state index contributed by atoms with van der Waals surface area (Å²) in [7, 11) is 0. The lowest BCUT2D eigenvalue weighted by Gasteiger charge is -2.29. The molecule has 2 aromatic carbocycles. The molecule has 0 radical (unpaired) electrons. The predicted octanol–water partition coefficient (Wildman–Crippen LogP) is 4.50. The zero-order chi connectivity index (χ0) is 24.2. The van der Waals surface area contributed by atoms with Gasteiger partial charge in [0.25, 0.3) is 5.91 Å². The van der Waals surface area contributed by atoms with Crippen molar-refractivity contribution in [3.8, 4) is 0 Å². The molecule has 7 nitrogen and oxygen atoms in total. The number of carbonyl (C=O) groups is 3. The van der Waals surface area contributed by atoms with Gasteiger partial charge >= 0.3 is 6.09 Å². The van der Waals surface area contributed by atoms with Crippen molar-refractivity contribution in [1.82, 2.24) is 10.2 Å². The van der Waals surface area contributed by atoms with Crippen molar-refractivity contribution in [3.05, 3.63) is 65.2 Å². The summed E-state index contributed by atoms with van der Waals surface area (Å²) in [5.41, 5.74) is 2.62. The third-order valence-corrected chi connectivity index (χ3v) is 5.59. The highest BCUT2D eigenvalue weighted by Gasteiger charge is 2.38. The maximum absolute atomic E-state index is 13.3. The summed E-state index contributed by atoms with van der Waals surface area (Å²) in [5, 5.41) is 5.86. The van der Waals surface area contributed by atoms with Crippen LogP contribution in [0.2, 0.25) is 0 Å². The van der Waals surface area contributed by atoms with Gasteiger partial charge in [0.05, 0.1) is 0 Å². The molecule has 1 aliphatic rings. The Morgan fingerprint density at radius 3 is 2.24 bits per heavy atom. The molecule has 1 saturated heterocycles. The minimum Gasteiger partial charge on any atom is -0.444 e. The van der Waals surface area contributed by atoms with E-state index in [-0.39, 0.29) is 11.8 Å². The van der Waals surface area contributed by atoms with Gasteiger partial charge in [0.1, 0.15) is 17.7 Å². The molecule has 33 heavy (non-hydrogen) atoms. The van der Waals surface area contributed by atoms with E-state index >= 15 is 0 Å². The Balaban J connectivity index is 1.81. The molecule has 1 heterocycles. The number of carbonyl (C=O) groups excluding carboxylic acids is 3. The number of rotatable bonds is 5. The number of anilines is 1. The molecule has 2 N–H and O–H groups in total. The van der Waals surface area contributed by atoms with Crippen molar-refractivity contribution in [2.45, 2.75) is 65.1 Å². The highest BCUT2D eigenvalue weighted by Crippen LogP contribution is 2.25. The van der Waals surface area contributed by atoms with E-state index in [1.807, 2.05) is 50.2 Å². The maximum Gasteiger partial charge on any atom is 0.410 e. The average molecular weight is 452 g/mol. The van der Waals surface area contributed by atoms with E-state index in [0.29, 0.717) is 24.9 Å². The number of nitrogens with zero attached hydrogens (tertiary/aromatic N) is 1. The fourth-order valence-corrected chi connectivity index (χ4v) is 3.97. The molecule has 0 aromatic heterocycles. The number of ether oxygens (including phenoxy) is 1. The minimum atomic E-state index is -0.904. The molecule has 2 atom stereocenters. The van der Waals surface area contributed by atoms with Gasteiger partial charge in [-0.25, -0.2) is 4.79 Å². The zero-order valence-corrected chi connectivity index (χ0v) is 20.0. The van der Waals surface area contributed by atoms with Crippen LogP contribution in [0.1, 0.15) is 56.3 Å². The summed E-state index contributed by atoms with van der Waals surface area (Å²) in [6.07, 6.45) is 0.698. The first-order valence-electron chi connectivity index (χ1n) is 11.3. The second-order valence-corrected chi connectivity index (χ2v) is 9.44. The normalized spacial score (nSPS) is 16.8. The lowest BCUT2D eigenvalue weighted by molar-refractivity contribution is -0.129. The summed E-state index contributed by atoms with van der Waals surface area (Å²) in [5.74, 6) is -0.711. The molecular weight excluding hydrogens is 418 g/mol. The summed E-state index contributed by atoms with van der Waals surface area (Å²) in [4.78, 5) is 40.7. The van der Waals surface area contributed by atoms with Crippen LogP contribution < -0.4 is 10.6 Å². The third kappa shape index (κ3) is 6.12. The van der Waals surface area contributed by atoms with Crippen LogP contribution in [0, 0.1) is 13.8 Å². The fourth-order valence-electron chi connectivity index (χ4n) is 3.97. The van der Waals surface area contributed by atoms with Crippen molar-refractivity contribution in [1.29, 1.82) is 0 Å². The fraction of sp³-hybridized carbons (Fsp3) is 0.423. The summed E-state index contributed by atoms with van der Waals surface area (Å²) in [6.45, 7) is 9.67. The summed E-state index contributed by atoms with van der Waals surface area (Å²) < 4.78 is 5.47. The molecule has 1 aliphatic heterocycles. The van der Waals surface area contributed by atoms with E-state index in [4.69, 9.17) is 4.74 Å². The Labute approximate surface area is 195 Å². The molecule has 7 heteroatoms. The second kappa shape index (κ2) is 10.1. The Morgan fingerprint density at radius 2 is 1.64 bits per heavy atom. The number of para-hydroxylation sites is 1. The van der Waals surface area contributed by atoms with Gasteiger partial charge in [-0.15, -0.1) is 0 Å². The number of hydrogen-bond donors (Lipinski definition) is 2. The first-order chi connectivity index (χ1) is 15.6. The van der Waals surface area contributed by atoms with Crippen LogP contribution >= 0.6 is 0 Å². The molecular formula is C26H33N3O4. The van der Waals surface area contributed by atoms with E-state index in [1.165, 1.54) is 4.90 Å². The smallest absolute Gasteiger partial charge is 0.410 e. The molecule has 0 bridgehead atoms. The average Bonchev–Trinajstić information content (AvgIpc) is 3.24. The van der Waals surface area contributed by atoms with Gasteiger partial charge in [0.15, 0.2) is 0 Å². The molecule has 3 amide bonds. The van der Waals surface area contributed by atoms with Crippen molar-refractivity contribution in [2.24, 2.45) is 0 Å². The van der Waals surface area contributed by atoms with E-state index in [1.54, 1.807) is 32.9 Å². The SMILES string of the molecule is Cc1cccc(C)c1NC(=O)[C@@H](NC(=O)[C@H]1CCCN1C(=O)OC(C)(C)C)c1ccccc1. The number of likely N-dealkylation sites (tertiary alicyclic amines) is 1. The maximum atomic E-state index is 13.3. The van der Waals surface area contributed by atoms with Gasteiger partial charge in [-0.2, -0.15) is 0 Å². The third-order valence-electron chi connectivity index (χ3n) is 5.59. The van der Waals surface area contributed by atoms with Gasteiger partial charge in [0.2, 0.25) is 5.91 Å². The number of hydrogen-bond acceptors (Lipinski definition) is 4. The van der Waals surface area contributed by atoms with Crippen molar-refractivity contribution in [3.63, 3.8) is 0 Å². The molecule has 0 saturated carbocycles. The number of amides is 3. The number of benzene rings is 2. The Hall–Kier alpha value is -3.35. The monoisotopic (exact) mass is 451 g/mol. The predicted molar refractivity (Wildman–Crippen MR) is 128 cm³/mol. The van der Waals surface area contributed by atoms with Crippen LogP contribution in [0.3, 0.4) is 0 Å². The standard InChI is InChI=1S/C26H33N3O4/c1-17-11-9-12-18(2)21(17)27-24(31)22(19-13-7-6-8-14-19)28-23(30)20-15-10-16-29(20)25(32)33-26(3,4)5/h6-9,11-14,20,22H,10,15-16H2,1-5H3,(H,27,31)(H,28,30)/t20-,22+/m1/s1. The van der Waals surface area contributed by atoms with Crippen LogP contribution in [-0.4, -0.2) is 41.0 Å². The highest BCUT2D eigenvalue weighted by molar-refractivity contribution is 5.99. The van der Waals surface area contributed by atoms with Crippen LogP contribution in [0.5, 0.6) is 0 Å². The number of nitrogens with one attached hydrogen (secondary N) is 2. The quantitative estimate of drug-likeness (QED) is 0.701. The molecule has 0 spiro atoms. The minimum absolute atomic E-state index is 0.339. The molecule has 176 valence electrons. The van der Waals surface area contributed by atoms with Crippen molar-refractivity contribution < 1.29 is 19.1 Å². The summed E-state index contributed by atoms with van der Waals surface area (Å²) >= 11 is 0. The Bertz CT molecular complexity index is 994. The largest absolute Gasteiger partial charge is 0.444 e. The van der Waals surface area contributed by atoms with Crippen molar-refractivity contribution in [2.75, 3.05) is 11.9 Å². The second-order valence-electron chi connectivity index (χ2n) is 9.44. The zero-order valence-electron chi connectivity index (χ0n) is 20.0. The molecule has 1 fully saturated rings. The van der Waals surface area contributed by atoms with E-state index in [9.17, 15) is 14.4 Å².